The molecule has 1 aliphatic heterocycles. The summed E-state index contributed by atoms with van der Waals surface area (Å²) in [5.41, 5.74) is 1.09. The Morgan fingerprint density at radius 3 is 3.00 bits per heavy atom. The fraction of sp³-hybridized carbons (Fsp3) is 0.438. The minimum Gasteiger partial charge on any atom is -0.376 e. The average molecular weight is 364 g/mol. The van der Waals surface area contributed by atoms with Crippen LogP contribution in [-0.2, 0) is 16.1 Å². The highest BCUT2D eigenvalue weighted by Crippen LogP contribution is 2.25. The topological polar surface area (TPSA) is 76.1 Å². The average Bonchev–Trinajstić information content (AvgIpc) is 3.29. The maximum Gasteiger partial charge on any atom is 0.230 e. The van der Waals surface area contributed by atoms with Crippen molar-refractivity contribution in [1.82, 2.24) is 15.5 Å². The minimum atomic E-state index is -0.00656. The van der Waals surface area contributed by atoms with E-state index in [0.29, 0.717) is 12.3 Å². The fourth-order valence-corrected chi connectivity index (χ4v) is 3.91. The number of amides is 1. The van der Waals surface area contributed by atoms with Crippen LogP contribution < -0.4 is 10.6 Å². The van der Waals surface area contributed by atoms with Gasteiger partial charge < -0.3 is 15.4 Å². The number of hydrogen-bond acceptors (Lipinski definition) is 7. The van der Waals surface area contributed by atoms with E-state index in [-0.39, 0.29) is 12.0 Å². The summed E-state index contributed by atoms with van der Waals surface area (Å²) in [7, 11) is 0. The third kappa shape index (κ3) is 5.47. The molecule has 6 nitrogen and oxygen atoms in total. The van der Waals surface area contributed by atoms with Crippen molar-refractivity contribution in [3.63, 3.8) is 0 Å². The van der Waals surface area contributed by atoms with E-state index in [9.17, 15) is 4.79 Å². The van der Waals surface area contributed by atoms with Crippen molar-refractivity contribution >= 4 is 34.1 Å². The molecular formula is C16H20N4O2S2. The maximum atomic E-state index is 11.9. The molecule has 2 N–H and O–H groups in total. The first-order valence-electron chi connectivity index (χ1n) is 7.92. The number of ether oxygens (including phenoxy) is 1. The second kappa shape index (κ2) is 9.00. The second-order valence-corrected chi connectivity index (χ2v) is 7.64. The van der Waals surface area contributed by atoms with Gasteiger partial charge in [0.2, 0.25) is 11.0 Å². The molecule has 0 saturated carbocycles. The van der Waals surface area contributed by atoms with Gasteiger partial charge in [0.15, 0.2) is 4.34 Å². The Bertz CT molecular complexity index is 645. The smallest absolute Gasteiger partial charge is 0.230 e. The zero-order valence-corrected chi connectivity index (χ0v) is 14.9. The monoisotopic (exact) mass is 364 g/mol. The van der Waals surface area contributed by atoms with Gasteiger partial charge in [0, 0.05) is 19.7 Å². The number of rotatable bonds is 8. The first-order chi connectivity index (χ1) is 11.8. The molecule has 0 aliphatic carbocycles. The van der Waals surface area contributed by atoms with Crippen LogP contribution in [0.4, 0.5) is 5.13 Å². The molecule has 0 radical (unpaired) electrons. The van der Waals surface area contributed by atoms with Gasteiger partial charge in [-0.25, -0.2) is 0 Å². The van der Waals surface area contributed by atoms with Crippen LogP contribution in [0, 0.1) is 0 Å². The molecule has 0 unspecified atom stereocenters. The van der Waals surface area contributed by atoms with E-state index >= 15 is 0 Å². The summed E-state index contributed by atoms with van der Waals surface area (Å²) in [5.74, 6) is 0.334. The summed E-state index contributed by atoms with van der Waals surface area (Å²) in [5, 5.41) is 15.1. The van der Waals surface area contributed by atoms with Crippen LogP contribution in [0.15, 0.2) is 34.7 Å². The van der Waals surface area contributed by atoms with Gasteiger partial charge in [0.05, 0.1) is 11.9 Å². The van der Waals surface area contributed by atoms with Crippen LogP contribution in [0.5, 0.6) is 0 Å². The molecule has 2 aromatic rings. The second-order valence-electron chi connectivity index (χ2n) is 5.44. The lowest BCUT2D eigenvalue weighted by molar-refractivity contribution is -0.118. The molecule has 1 aromatic heterocycles. The van der Waals surface area contributed by atoms with Gasteiger partial charge in [0.1, 0.15) is 0 Å². The Kier molecular flexibility index (Phi) is 6.45. The molecule has 1 aliphatic rings. The highest BCUT2D eigenvalue weighted by atomic mass is 32.2. The number of benzene rings is 1. The van der Waals surface area contributed by atoms with Crippen LogP contribution in [0.3, 0.4) is 0 Å². The highest BCUT2D eigenvalue weighted by Gasteiger charge is 2.16. The number of nitrogens with zero attached hydrogens (tertiary/aromatic N) is 2. The van der Waals surface area contributed by atoms with Crippen LogP contribution in [-0.4, -0.2) is 41.1 Å². The number of carbonyl (C=O) groups is 1. The Labute approximate surface area is 149 Å². The number of nitrogens with one attached hydrogen (secondary N) is 2. The number of anilines is 1. The largest absolute Gasteiger partial charge is 0.376 e. The predicted octanol–water partition coefficient (Wildman–Crippen LogP) is 2.54. The summed E-state index contributed by atoms with van der Waals surface area (Å²) in [4.78, 5) is 11.9. The van der Waals surface area contributed by atoms with Crippen molar-refractivity contribution in [2.45, 2.75) is 29.8 Å². The summed E-state index contributed by atoms with van der Waals surface area (Å²) in [6, 6.07) is 9.86. The number of aromatic nitrogens is 2. The zero-order valence-electron chi connectivity index (χ0n) is 13.2. The lowest BCUT2D eigenvalue weighted by Crippen LogP contribution is -2.24. The standard InChI is InChI=1S/C16H20N4O2S2/c21-14(17-9-12-5-2-1-3-6-12)11-23-16-20-19-15(24-16)18-10-13-7-4-8-22-13/h1-3,5-6,13H,4,7-11H2,(H,17,21)(H,18,19)/t13-/m1/s1. The minimum absolute atomic E-state index is 0.00656. The van der Waals surface area contributed by atoms with Gasteiger partial charge in [-0.05, 0) is 18.4 Å². The molecule has 1 saturated heterocycles. The van der Waals surface area contributed by atoms with E-state index < -0.39 is 0 Å². The molecule has 0 bridgehead atoms. The summed E-state index contributed by atoms with van der Waals surface area (Å²) in [6.45, 7) is 2.16. The van der Waals surface area contributed by atoms with E-state index in [0.717, 1.165) is 41.0 Å². The summed E-state index contributed by atoms with van der Waals surface area (Å²) < 4.78 is 6.35. The normalized spacial score (nSPS) is 16.9. The summed E-state index contributed by atoms with van der Waals surface area (Å²) in [6.07, 6.45) is 2.49. The lowest BCUT2D eigenvalue weighted by Gasteiger charge is -2.08. The lowest BCUT2D eigenvalue weighted by atomic mass is 10.2. The highest BCUT2D eigenvalue weighted by molar-refractivity contribution is 8.01. The Balaban J connectivity index is 1.36. The maximum absolute atomic E-state index is 11.9. The zero-order chi connectivity index (χ0) is 16.6. The van der Waals surface area contributed by atoms with Crippen molar-refractivity contribution in [3.8, 4) is 0 Å². The van der Waals surface area contributed by atoms with Gasteiger partial charge in [0.25, 0.3) is 0 Å². The molecule has 2 heterocycles. The van der Waals surface area contributed by atoms with E-state index in [2.05, 4.69) is 20.8 Å². The molecule has 1 fully saturated rings. The van der Waals surface area contributed by atoms with Gasteiger partial charge in [-0.1, -0.05) is 53.4 Å². The predicted molar refractivity (Wildman–Crippen MR) is 96.4 cm³/mol. The van der Waals surface area contributed by atoms with Gasteiger partial charge >= 0.3 is 0 Å². The Morgan fingerprint density at radius 2 is 2.21 bits per heavy atom. The van der Waals surface area contributed by atoms with E-state index in [1.54, 1.807) is 0 Å². The van der Waals surface area contributed by atoms with Crippen LogP contribution >= 0.6 is 23.1 Å². The van der Waals surface area contributed by atoms with Crippen molar-refractivity contribution < 1.29 is 9.53 Å². The van der Waals surface area contributed by atoms with Crippen LogP contribution in [0.1, 0.15) is 18.4 Å². The molecule has 1 aromatic carbocycles. The van der Waals surface area contributed by atoms with Crippen LogP contribution in [0.2, 0.25) is 0 Å². The van der Waals surface area contributed by atoms with Crippen molar-refractivity contribution in [1.29, 1.82) is 0 Å². The number of thioether (sulfide) groups is 1. The first-order valence-corrected chi connectivity index (χ1v) is 9.72. The van der Waals surface area contributed by atoms with Gasteiger partial charge in [-0.15, -0.1) is 10.2 Å². The third-order valence-corrected chi connectivity index (χ3v) is 5.58. The van der Waals surface area contributed by atoms with E-state index in [4.69, 9.17) is 4.74 Å². The van der Waals surface area contributed by atoms with Crippen molar-refractivity contribution in [2.24, 2.45) is 0 Å². The summed E-state index contributed by atoms with van der Waals surface area (Å²) >= 11 is 2.87. The van der Waals surface area contributed by atoms with Gasteiger partial charge in [-0.2, -0.15) is 0 Å². The van der Waals surface area contributed by atoms with Crippen LogP contribution in [0.25, 0.3) is 0 Å². The fourth-order valence-electron chi connectivity index (χ4n) is 2.32. The van der Waals surface area contributed by atoms with E-state index in [1.807, 2.05) is 30.3 Å². The van der Waals surface area contributed by atoms with Crippen molar-refractivity contribution in [3.05, 3.63) is 35.9 Å². The van der Waals surface area contributed by atoms with Gasteiger partial charge in [-0.3, -0.25) is 4.79 Å². The number of carbonyl (C=O) groups excluding carboxylic acids is 1. The molecule has 1 atom stereocenters. The quantitative estimate of drug-likeness (QED) is 0.701. The van der Waals surface area contributed by atoms with E-state index in [1.165, 1.54) is 23.1 Å². The molecule has 128 valence electrons. The molecule has 24 heavy (non-hydrogen) atoms. The van der Waals surface area contributed by atoms with Crippen molar-refractivity contribution in [2.75, 3.05) is 24.2 Å². The molecular weight excluding hydrogens is 344 g/mol. The third-order valence-electron chi connectivity index (χ3n) is 3.57. The molecule has 8 heteroatoms. The first kappa shape index (κ1) is 17.2. The Hall–Kier alpha value is -1.64. The molecule has 1 amide bonds. The SMILES string of the molecule is O=C(CSc1nnc(NC[C@H]2CCCO2)s1)NCc1ccccc1. The molecule has 0 spiro atoms. The molecule has 3 rings (SSSR count). The Morgan fingerprint density at radius 1 is 1.33 bits per heavy atom. The number of hydrogen-bond donors (Lipinski definition) is 2.